The Hall–Kier alpha value is -1.06. The first-order valence-corrected chi connectivity index (χ1v) is 6.88. The van der Waals surface area contributed by atoms with Crippen molar-refractivity contribution >= 4 is 5.69 Å². The summed E-state index contributed by atoms with van der Waals surface area (Å²) in [5, 5.41) is 0. The minimum atomic E-state index is 0.385. The number of aryl methyl sites for hydroxylation is 1. The van der Waals surface area contributed by atoms with Crippen molar-refractivity contribution < 1.29 is 4.74 Å². The third kappa shape index (κ3) is 3.47. The molecule has 3 heteroatoms. The Kier molecular flexibility index (Phi) is 4.61. The normalized spacial score (nSPS) is 21.8. The number of hydrogen-bond acceptors (Lipinski definition) is 3. The van der Waals surface area contributed by atoms with Crippen LogP contribution in [0, 0.1) is 6.92 Å². The quantitative estimate of drug-likeness (QED) is 0.836. The van der Waals surface area contributed by atoms with Gasteiger partial charge in [-0.2, -0.15) is 0 Å². The summed E-state index contributed by atoms with van der Waals surface area (Å²) in [6.45, 7) is 8.26. The standard InChI is InChI=1S/C15H24N2O/c1-3-14-11-17(7-4-8-18-14)10-13-6-5-12(2)15(16)9-13/h5-6,9,14H,3-4,7-8,10-11,16H2,1-2H3. The second-order valence-electron chi connectivity index (χ2n) is 5.18. The first-order valence-electron chi connectivity index (χ1n) is 6.88. The molecular formula is C15H24N2O. The maximum absolute atomic E-state index is 5.97. The van der Waals surface area contributed by atoms with Crippen LogP contribution >= 0.6 is 0 Å². The molecule has 0 radical (unpaired) electrons. The minimum Gasteiger partial charge on any atom is -0.399 e. The highest BCUT2D eigenvalue weighted by atomic mass is 16.5. The summed E-state index contributed by atoms with van der Waals surface area (Å²) in [4.78, 5) is 2.48. The van der Waals surface area contributed by atoms with E-state index in [1.807, 2.05) is 6.92 Å². The van der Waals surface area contributed by atoms with Gasteiger partial charge in [0.25, 0.3) is 0 Å². The van der Waals surface area contributed by atoms with Gasteiger partial charge in [-0.25, -0.2) is 0 Å². The maximum Gasteiger partial charge on any atom is 0.0699 e. The van der Waals surface area contributed by atoms with E-state index in [9.17, 15) is 0 Å². The third-order valence-corrected chi connectivity index (χ3v) is 3.64. The number of hydrogen-bond donors (Lipinski definition) is 1. The summed E-state index contributed by atoms with van der Waals surface area (Å²) < 4.78 is 5.80. The van der Waals surface area contributed by atoms with Crippen molar-refractivity contribution in [1.29, 1.82) is 0 Å². The predicted octanol–water partition coefficient (Wildman–Crippen LogP) is 2.58. The fraction of sp³-hybridized carbons (Fsp3) is 0.600. The summed E-state index contributed by atoms with van der Waals surface area (Å²) in [6.07, 6.45) is 2.60. The van der Waals surface area contributed by atoms with Gasteiger partial charge in [0.2, 0.25) is 0 Å². The smallest absolute Gasteiger partial charge is 0.0699 e. The number of anilines is 1. The zero-order valence-electron chi connectivity index (χ0n) is 11.5. The molecule has 1 atom stereocenters. The Morgan fingerprint density at radius 2 is 2.28 bits per heavy atom. The first-order chi connectivity index (χ1) is 8.69. The summed E-state index contributed by atoms with van der Waals surface area (Å²) in [7, 11) is 0. The summed E-state index contributed by atoms with van der Waals surface area (Å²) in [5.74, 6) is 0. The van der Waals surface area contributed by atoms with Crippen molar-refractivity contribution in [3.05, 3.63) is 29.3 Å². The number of nitrogens with two attached hydrogens (primary N) is 1. The van der Waals surface area contributed by atoms with Crippen molar-refractivity contribution in [2.45, 2.75) is 39.3 Å². The van der Waals surface area contributed by atoms with E-state index in [-0.39, 0.29) is 0 Å². The van der Waals surface area contributed by atoms with Crippen LogP contribution in [0.15, 0.2) is 18.2 Å². The van der Waals surface area contributed by atoms with E-state index in [0.717, 1.165) is 50.3 Å². The lowest BCUT2D eigenvalue weighted by molar-refractivity contribution is 0.0510. The molecule has 1 fully saturated rings. The highest BCUT2D eigenvalue weighted by molar-refractivity contribution is 5.48. The van der Waals surface area contributed by atoms with E-state index in [1.165, 1.54) is 5.56 Å². The molecule has 1 aromatic rings. The Morgan fingerprint density at radius 3 is 3.00 bits per heavy atom. The van der Waals surface area contributed by atoms with Gasteiger partial charge in [-0.05, 0) is 37.0 Å². The Morgan fingerprint density at radius 1 is 1.44 bits per heavy atom. The predicted molar refractivity (Wildman–Crippen MR) is 75.5 cm³/mol. The van der Waals surface area contributed by atoms with Gasteiger partial charge >= 0.3 is 0 Å². The molecular weight excluding hydrogens is 224 g/mol. The van der Waals surface area contributed by atoms with Gasteiger partial charge in [0.05, 0.1) is 6.10 Å². The minimum absolute atomic E-state index is 0.385. The number of nitrogens with zero attached hydrogens (tertiary/aromatic N) is 1. The van der Waals surface area contributed by atoms with Gasteiger partial charge in [0.15, 0.2) is 0 Å². The second-order valence-corrected chi connectivity index (χ2v) is 5.18. The van der Waals surface area contributed by atoms with Crippen LogP contribution < -0.4 is 5.73 Å². The Labute approximate surface area is 110 Å². The molecule has 18 heavy (non-hydrogen) atoms. The molecule has 0 aliphatic carbocycles. The lowest BCUT2D eigenvalue weighted by Gasteiger charge is -2.23. The molecule has 0 saturated carbocycles. The molecule has 2 N–H and O–H groups in total. The fourth-order valence-corrected chi connectivity index (χ4v) is 2.41. The summed E-state index contributed by atoms with van der Waals surface area (Å²) in [6, 6.07) is 6.39. The molecule has 1 unspecified atom stereocenters. The molecule has 1 aliphatic rings. The van der Waals surface area contributed by atoms with Crippen LogP contribution in [-0.4, -0.2) is 30.7 Å². The van der Waals surface area contributed by atoms with E-state index in [2.05, 4.69) is 30.0 Å². The van der Waals surface area contributed by atoms with Crippen molar-refractivity contribution in [2.75, 3.05) is 25.4 Å². The van der Waals surface area contributed by atoms with Gasteiger partial charge in [0, 0.05) is 31.9 Å². The monoisotopic (exact) mass is 248 g/mol. The topological polar surface area (TPSA) is 38.5 Å². The summed E-state index contributed by atoms with van der Waals surface area (Å²) in [5.41, 5.74) is 9.32. The maximum atomic E-state index is 5.97. The second kappa shape index (κ2) is 6.21. The Balaban J connectivity index is 2.00. The SMILES string of the molecule is CCC1CN(Cc2ccc(C)c(N)c2)CCCO1. The molecule has 3 nitrogen and oxygen atoms in total. The summed E-state index contributed by atoms with van der Waals surface area (Å²) >= 11 is 0. The number of ether oxygens (including phenoxy) is 1. The number of nitrogen functional groups attached to an aromatic ring is 1. The average molecular weight is 248 g/mol. The van der Waals surface area contributed by atoms with Crippen molar-refractivity contribution in [2.24, 2.45) is 0 Å². The molecule has 1 heterocycles. The molecule has 100 valence electrons. The van der Waals surface area contributed by atoms with Crippen LogP contribution in [0.5, 0.6) is 0 Å². The molecule has 1 aromatic carbocycles. The molecule has 0 aromatic heterocycles. The zero-order valence-corrected chi connectivity index (χ0v) is 11.5. The van der Waals surface area contributed by atoms with Gasteiger partial charge in [-0.15, -0.1) is 0 Å². The van der Waals surface area contributed by atoms with Gasteiger partial charge in [-0.1, -0.05) is 19.1 Å². The van der Waals surface area contributed by atoms with Crippen LogP contribution in [0.2, 0.25) is 0 Å². The van der Waals surface area contributed by atoms with Gasteiger partial charge in [-0.3, -0.25) is 4.90 Å². The fourth-order valence-electron chi connectivity index (χ4n) is 2.41. The largest absolute Gasteiger partial charge is 0.399 e. The van der Waals surface area contributed by atoms with E-state index >= 15 is 0 Å². The van der Waals surface area contributed by atoms with Crippen LogP contribution in [0.1, 0.15) is 30.9 Å². The lowest BCUT2D eigenvalue weighted by Crippen LogP contribution is -2.31. The average Bonchev–Trinajstić information content (AvgIpc) is 2.59. The highest BCUT2D eigenvalue weighted by Gasteiger charge is 2.17. The molecule has 1 saturated heterocycles. The van der Waals surface area contributed by atoms with Gasteiger partial charge in [0.1, 0.15) is 0 Å². The first kappa shape index (κ1) is 13.4. The molecule has 0 amide bonds. The number of rotatable bonds is 3. The molecule has 2 rings (SSSR count). The van der Waals surface area contributed by atoms with Crippen molar-refractivity contribution in [3.63, 3.8) is 0 Å². The number of benzene rings is 1. The van der Waals surface area contributed by atoms with E-state index in [1.54, 1.807) is 0 Å². The third-order valence-electron chi connectivity index (χ3n) is 3.64. The lowest BCUT2D eigenvalue weighted by atomic mass is 10.1. The Bertz CT molecular complexity index is 392. The molecule has 0 spiro atoms. The highest BCUT2D eigenvalue weighted by Crippen LogP contribution is 2.16. The molecule has 1 aliphatic heterocycles. The zero-order chi connectivity index (χ0) is 13.0. The van der Waals surface area contributed by atoms with Crippen LogP contribution in [0.3, 0.4) is 0 Å². The van der Waals surface area contributed by atoms with E-state index in [4.69, 9.17) is 10.5 Å². The van der Waals surface area contributed by atoms with Crippen LogP contribution in [0.25, 0.3) is 0 Å². The van der Waals surface area contributed by atoms with Crippen molar-refractivity contribution in [3.8, 4) is 0 Å². The van der Waals surface area contributed by atoms with E-state index < -0.39 is 0 Å². The van der Waals surface area contributed by atoms with Crippen LogP contribution in [0.4, 0.5) is 5.69 Å². The molecule has 0 bridgehead atoms. The van der Waals surface area contributed by atoms with Crippen LogP contribution in [-0.2, 0) is 11.3 Å². The van der Waals surface area contributed by atoms with Crippen molar-refractivity contribution in [1.82, 2.24) is 4.90 Å². The van der Waals surface area contributed by atoms with E-state index in [0.29, 0.717) is 6.10 Å². The van der Waals surface area contributed by atoms with Gasteiger partial charge < -0.3 is 10.5 Å².